The summed E-state index contributed by atoms with van der Waals surface area (Å²) in [6, 6.07) is 14.7. The van der Waals surface area contributed by atoms with Gasteiger partial charge in [-0.25, -0.2) is 8.42 Å². The number of hydrogen-bond acceptors (Lipinski definition) is 3. The van der Waals surface area contributed by atoms with Crippen molar-refractivity contribution in [3.05, 3.63) is 64.1 Å². The van der Waals surface area contributed by atoms with Crippen LogP contribution in [0.5, 0.6) is 0 Å². The van der Waals surface area contributed by atoms with Crippen LogP contribution >= 0.6 is 23.2 Å². The molecule has 28 heavy (non-hydrogen) atoms. The Hall–Kier alpha value is -1.76. The Balaban J connectivity index is 1.91. The number of nitrogens with zero attached hydrogens (tertiary/aromatic N) is 1. The minimum absolute atomic E-state index is 0.115. The summed E-state index contributed by atoms with van der Waals surface area (Å²) in [5.74, 6) is 0.0705. The number of carbonyl (C=O) groups is 1. The molecule has 0 unspecified atom stereocenters. The van der Waals surface area contributed by atoms with E-state index in [0.29, 0.717) is 13.0 Å². The Morgan fingerprint density at radius 1 is 1.07 bits per heavy atom. The Kier molecular flexibility index (Phi) is 8.16. The van der Waals surface area contributed by atoms with E-state index in [1.807, 2.05) is 37.3 Å². The van der Waals surface area contributed by atoms with Gasteiger partial charge in [0.1, 0.15) is 0 Å². The summed E-state index contributed by atoms with van der Waals surface area (Å²) in [7, 11) is -3.59. The molecule has 0 bridgehead atoms. The van der Waals surface area contributed by atoms with E-state index in [9.17, 15) is 13.2 Å². The van der Waals surface area contributed by atoms with Gasteiger partial charge >= 0.3 is 0 Å². The van der Waals surface area contributed by atoms with Crippen LogP contribution in [0, 0.1) is 0 Å². The minimum atomic E-state index is -3.59. The molecule has 0 aromatic heterocycles. The second-order valence-corrected chi connectivity index (χ2v) is 9.35. The van der Waals surface area contributed by atoms with Crippen molar-refractivity contribution in [1.29, 1.82) is 0 Å². The molecule has 0 aliphatic rings. The minimum Gasteiger partial charge on any atom is -0.356 e. The van der Waals surface area contributed by atoms with E-state index in [-0.39, 0.29) is 40.5 Å². The molecule has 0 saturated carbocycles. The lowest BCUT2D eigenvalue weighted by Crippen LogP contribution is -2.33. The first-order chi connectivity index (χ1) is 13.2. The molecule has 0 aliphatic heterocycles. The van der Waals surface area contributed by atoms with E-state index >= 15 is 0 Å². The molecule has 0 heterocycles. The maximum Gasteiger partial charge on any atom is 0.232 e. The summed E-state index contributed by atoms with van der Waals surface area (Å²) in [5, 5.41) is 3.40. The lowest BCUT2D eigenvalue weighted by molar-refractivity contribution is -0.121. The third kappa shape index (κ3) is 6.40. The Morgan fingerprint density at radius 3 is 2.25 bits per heavy atom. The highest BCUT2D eigenvalue weighted by Gasteiger charge is 2.22. The number of hydrogen-bond donors (Lipinski definition) is 1. The average Bonchev–Trinajstić information content (AvgIpc) is 2.64. The number of halogens is 2. The maximum absolute atomic E-state index is 12.2. The monoisotopic (exact) mass is 442 g/mol. The van der Waals surface area contributed by atoms with Crippen LogP contribution in [-0.4, -0.2) is 33.7 Å². The van der Waals surface area contributed by atoms with Crippen LogP contribution in [0.1, 0.15) is 31.2 Å². The average molecular weight is 443 g/mol. The standard InChI is InChI=1S/C20H24Cl2N2O3S/c1-15(16-8-4-3-5-9-16)14-23-19(25)12-7-13-24(28(2,26)27)20-17(21)10-6-11-18(20)22/h3-6,8-11,15H,7,12-14H2,1-2H3,(H,23,25)/t15-/m1/s1. The first kappa shape index (κ1) is 22.5. The smallest absolute Gasteiger partial charge is 0.232 e. The highest BCUT2D eigenvalue weighted by molar-refractivity contribution is 7.92. The van der Waals surface area contributed by atoms with E-state index in [1.165, 1.54) is 0 Å². The van der Waals surface area contributed by atoms with E-state index in [0.717, 1.165) is 16.1 Å². The van der Waals surface area contributed by atoms with Crippen LogP contribution in [-0.2, 0) is 14.8 Å². The molecule has 0 saturated heterocycles. The van der Waals surface area contributed by atoms with Crippen LogP contribution in [0.25, 0.3) is 0 Å². The number of amides is 1. The molecule has 1 atom stereocenters. The van der Waals surface area contributed by atoms with Crippen molar-refractivity contribution in [3.63, 3.8) is 0 Å². The Labute approximate surface area is 176 Å². The Morgan fingerprint density at radius 2 is 1.68 bits per heavy atom. The number of nitrogens with one attached hydrogen (secondary N) is 1. The fraction of sp³-hybridized carbons (Fsp3) is 0.350. The summed E-state index contributed by atoms with van der Waals surface area (Å²) < 4.78 is 25.5. The molecule has 8 heteroatoms. The van der Waals surface area contributed by atoms with Gasteiger partial charge in [-0.1, -0.05) is 66.5 Å². The van der Waals surface area contributed by atoms with Crippen LogP contribution in [0.2, 0.25) is 10.0 Å². The maximum atomic E-state index is 12.2. The molecular formula is C20H24Cl2N2O3S. The zero-order valence-corrected chi connectivity index (χ0v) is 18.2. The summed E-state index contributed by atoms with van der Waals surface area (Å²) in [6.45, 7) is 2.68. The van der Waals surface area contributed by atoms with Crippen molar-refractivity contribution >= 4 is 44.8 Å². The van der Waals surface area contributed by atoms with Gasteiger partial charge in [-0.2, -0.15) is 0 Å². The third-order valence-corrected chi connectivity index (χ3v) is 6.10. The highest BCUT2D eigenvalue weighted by Crippen LogP contribution is 2.35. The van der Waals surface area contributed by atoms with Gasteiger partial charge in [0.15, 0.2) is 0 Å². The number of anilines is 1. The molecular weight excluding hydrogens is 419 g/mol. The third-order valence-electron chi connectivity index (χ3n) is 4.33. The van der Waals surface area contributed by atoms with E-state index in [1.54, 1.807) is 18.2 Å². The lowest BCUT2D eigenvalue weighted by Gasteiger charge is -2.24. The van der Waals surface area contributed by atoms with Gasteiger partial charge in [-0.15, -0.1) is 0 Å². The zero-order valence-electron chi connectivity index (χ0n) is 15.9. The molecule has 5 nitrogen and oxygen atoms in total. The van der Waals surface area contributed by atoms with Gasteiger partial charge < -0.3 is 5.32 Å². The number of para-hydroxylation sites is 1. The van der Waals surface area contributed by atoms with E-state index < -0.39 is 10.0 Å². The van der Waals surface area contributed by atoms with Gasteiger partial charge in [0.05, 0.1) is 22.0 Å². The topological polar surface area (TPSA) is 66.5 Å². The van der Waals surface area contributed by atoms with Crippen LogP contribution in [0.4, 0.5) is 5.69 Å². The predicted octanol–water partition coefficient (Wildman–Crippen LogP) is 4.46. The molecule has 152 valence electrons. The molecule has 0 aliphatic carbocycles. The van der Waals surface area contributed by atoms with Gasteiger partial charge in [0.2, 0.25) is 15.9 Å². The number of rotatable bonds is 9. The second kappa shape index (κ2) is 10.1. The van der Waals surface area contributed by atoms with Crippen molar-refractivity contribution in [2.75, 3.05) is 23.7 Å². The van der Waals surface area contributed by atoms with Crippen LogP contribution in [0.3, 0.4) is 0 Å². The summed E-state index contributed by atoms with van der Waals surface area (Å²) in [5.41, 5.74) is 1.39. The lowest BCUT2D eigenvalue weighted by atomic mass is 10.0. The Bertz CT molecular complexity index is 885. The molecule has 2 aromatic rings. The number of carbonyl (C=O) groups excluding carboxylic acids is 1. The first-order valence-electron chi connectivity index (χ1n) is 8.93. The van der Waals surface area contributed by atoms with Crippen LogP contribution in [0.15, 0.2) is 48.5 Å². The second-order valence-electron chi connectivity index (χ2n) is 6.62. The van der Waals surface area contributed by atoms with Crippen molar-refractivity contribution < 1.29 is 13.2 Å². The van der Waals surface area contributed by atoms with Gasteiger partial charge in [-0.05, 0) is 30.0 Å². The quantitative estimate of drug-likeness (QED) is 0.623. The SMILES string of the molecule is C[C@H](CNC(=O)CCCN(c1c(Cl)cccc1Cl)S(C)(=O)=O)c1ccccc1. The van der Waals surface area contributed by atoms with Crippen molar-refractivity contribution in [1.82, 2.24) is 5.32 Å². The molecule has 0 spiro atoms. The van der Waals surface area contributed by atoms with Gasteiger partial charge in [0.25, 0.3) is 0 Å². The van der Waals surface area contributed by atoms with Crippen molar-refractivity contribution in [2.45, 2.75) is 25.7 Å². The normalized spacial score (nSPS) is 12.4. The molecule has 0 fully saturated rings. The fourth-order valence-corrected chi connectivity index (χ4v) is 4.50. The summed E-state index contributed by atoms with van der Waals surface area (Å²) in [6.07, 6.45) is 1.64. The van der Waals surface area contributed by atoms with Gasteiger partial charge in [0, 0.05) is 19.5 Å². The summed E-state index contributed by atoms with van der Waals surface area (Å²) in [4.78, 5) is 12.1. The number of benzene rings is 2. The largest absolute Gasteiger partial charge is 0.356 e. The molecule has 2 aromatic carbocycles. The van der Waals surface area contributed by atoms with E-state index in [4.69, 9.17) is 23.2 Å². The molecule has 2 rings (SSSR count). The predicted molar refractivity (Wildman–Crippen MR) is 116 cm³/mol. The van der Waals surface area contributed by atoms with Crippen LogP contribution < -0.4 is 9.62 Å². The molecule has 0 radical (unpaired) electrons. The number of sulfonamides is 1. The molecule has 1 N–H and O–H groups in total. The van der Waals surface area contributed by atoms with Gasteiger partial charge in [-0.3, -0.25) is 9.10 Å². The summed E-state index contributed by atoms with van der Waals surface area (Å²) >= 11 is 12.3. The van der Waals surface area contributed by atoms with E-state index in [2.05, 4.69) is 5.32 Å². The van der Waals surface area contributed by atoms with Crippen molar-refractivity contribution in [2.24, 2.45) is 0 Å². The molecule has 1 amide bonds. The first-order valence-corrected chi connectivity index (χ1v) is 11.5. The fourth-order valence-electron chi connectivity index (χ4n) is 2.81. The zero-order chi connectivity index (χ0) is 20.7. The highest BCUT2D eigenvalue weighted by atomic mass is 35.5. The van der Waals surface area contributed by atoms with Crippen molar-refractivity contribution in [3.8, 4) is 0 Å².